The van der Waals surface area contributed by atoms with E-state index in [4.69, 9.17) is 15.2 Å². The van der Waals surface area contributed by atoms with Gasteiger partial charge in [-0.05, 0) is 19.9 Å². The van der Waals surface area contributed by atoms with Gasteiger partial charge >= 0.3 is 0 Å². The van der Waals surface area contributed by atoms with Crippen LogP contribution in [0.5, 0.6) is 5.75 Å². The lowest BCUT2D eigenvalue weighted by Crippen LogP contribution is -2.40. The van der Waals surface area contributed by atoms with Gasteiger partial charge in [-0.1, -0.05) is 18.2 Å². The minimum atomic E-state index is 0.145. The highest BCUT2D eigenvalue weighted by atomic mass is 16.5. The second-order valence-corrected chi connectivity index (χ2v) is 4.82. The number of rotatable bonds is 8. The molecule has 108 valence electrons. The molecular weight excluding hydrogens is 240 g/mol. The Hall–Kier alpha value is -1.10. The Labute approximate surface area is 116 Å². The van der Waals surface area contributed by atoms with E-state index in [1.807, 2.05) is 18.2 Å². The zero-order valence-electron chi connectivity index (χ0n) is 12.4. The van der Waals surface area contributed by atoms with E-state index < -0.39 is 0 Å². The topological polar surface area (TPSA) is 47.7 Å². The van der Waals surface area contributed by atoms with Crippen molar-refractivity contribution in [1.29, 1.82) is 0 Å². The highest BCUT2D eigenvalue weighted by Crippen LogP contribution is 2.29. The lowest BCUT2D eigenvalue weighted by atomic mass is 10.0. The van der Waals surface area contributed by atoms with Gasteiger partial charge in [-0.2, -0.15) is 0 Å². The first-order valence-electron chi connectivity index (χ1n) is 6.73. The fourth-order valence-electron chi connectivity index (χ4n) is 2.35. The standard InChI is InChI=1S/C15H26N2O2/c1-12(2)17(9-10-18-3)14(11-16)13-7-5-6-8-15(13)19-4/h5-8,12,14H,9-11,16H2,1-4H3. The average molecular weight is 266 g/mol. The van der Waals surface area contributed by atoms with Crippen molar-refractivity contribution in [3.05, 3.63) is 29.8 Å². The Kier molecular flexibility index (Phi) is 6.84. The van der Waals surface area contributed by atoms with Crippen molar-refractivity contribution in [1.82, 2.24) is 4.90 Å². The number of ether oxygens (including phenoxy) is 2. The summed E-state index contributed by atoms with van der Waals surface area (Å²) in [4.78, 5) is 2.35. The van der Waals surface area contributed by atoms with Crippen molar-refractivity contribution in [3.63, 3.8) is 0 Å². The van der Waals surface area contributed by atoms with Gasteiger partial charge in [0.05, 0.1) is 19.8 Å². The van der Waals surface area contributed by atoms with Crippen LogP contribution < -0.4 is 10.5 Å². The molecule has 0 saturated heterocycles. The number of nitrogens with two attached hydrogens (primary N) is 1. The first-order valence-corrected chi connectivity index (χ1v) is 6.73. The van der Waals surface area contributed by atoms with E-state index >= 15 is 0 Å². The Morgan fingerprint density at radius 2 is 1.89 bits per heavy atom. The molecule has 4 heteroatoms. The summed E-state index contributed by atoms with van der Waals surface area (Å²) in [5.41, 5.74) is 7.14. The molecule has 1 unspecified atom stereocenters. The largest absolute Gasteiger partial charge is 0.496 e. The first-order chi connectivity index (χ1) is 9.15. The lowest BCUT2D eigenvalue weighted by molar-refractivity contribution is 0.0969. The van der Waals surface area contributed by atoms with Crippen LogP contribution in [0.4, 0.5) is 0 Å². The van der Waals surface area contributed by atoms with Crippen LogP contribution in [0.15, 0.2) is 24.3 Å². The zero-order chi connectivity index (χ0) is 14.3. The summed E-state index contributed by atoms with van der Waals surface area (Å²) in [7, 11) is 3.42. The van der Waals surface area contributed by atoms with Crippen molar-refractivity contribution < 1.29 is 9.47 Å². The van der Waals surface area contributed by atoms with E-state index in [1.54, 1.807) is 14.2 Å². The van der Waals surface area contributed by atoms with Crippen molar-refractivity contribution >= 4 is 0 Å². The molecule has 0 fully saturated rings. The Bertz CT molecular complexity index is 369. The van der Waals surface area contributed by atoms with Gasteiger partial charge in [0.15, 0.2) is 0 Å². The predicted octanol–water partition coefficient (Wildman–Crippen LogP) is 2.05. The van der Waals surface area contributed by atoms with Gasteiger partial charge in [0.2, 0.25) is 0 Å². The highest BCUT2D eigenvalue weighted by Gasteiger charge is 2.23. The van der Waals surface area contributed by atoms with Crippen LogP contribution >= 0.6 is 0 Å². The molecule has 1 aromatic rings. The summed E-state index contributed by atoms with van der Waals surface area (Å²) in [5.74, 6) is 0.890. The molecule has 4 nitrogen and oxygen atoms in total. The Morgan fingerprint density at radius 3 is 2.42 bits per heavy atom. The van der Waals surface area contributed by atoms with Crippen LogP contribution in [-0.2, 0) is 4.74 Å². The summed E-state index contributed by atoms with van der Waals surface area (Å²) in [6, 6.07) is 8.60. The third-order valence-electron chi connectivity index (χ3n) is 3.34. The van der Waals surface area contributed by atoms with Crippen LogP contribution in [0.25, 0.3) is 0 Å². The number of para-hydroxylation sites is 1. The molecule has 0 aliphatic carbocycles. The maximum Gasteiger partial charge on any atom is 0.123 e. The number of benzene rings is 1. The third kappa shape index (κ3) is 4.20. The number of hydrogen-bond donors (Lipinski definition) is 1. The van der Waals surface area contributed by atoms with Gasteiger partial charge in [-0.3, -0.25) is 4.90 Å². The van der Waals surface area contributed by atoms with Gasteiger partial charge in [-0.15, -0.1) is 0 Å². The monoisotopic (exact) mass is 266 g/mol. The molecule has 2 N–H and O–H groups in total. The second-order valence-electron chi connectivity index (χ2n) is 4.82. The van der Waals surface area contributed by atoms with Crippen LogP contribution in [0.1, 0.15) is 25.5 Å². The van der Waals surface area contributed by atoms with E-state index in [2.05, 4.69) is 24.8 Å². The van der Waals surface area contributed by atoms with E-state index in [-0.39, 0.29) is 6.04 Å². The number of nitrogens with zero attached hydrogens (tertiary/aromatic N) is 1. The summed E-state index contributed by atoms with van der Waals surface area (Å²) in [5, 5.41) is 0. The molecule has 19 heavy (non-hydrogen) atoms. The average Bonchev–Trinajstić information content (AvgIpc) is 2.43. The quantitative estimate of drug-likeness (QED) is 0.782. The molecule has 0 amide bonds. The van der Waals surface area contributed by atoms with Crippen molar-refractivity contribution in [3.8, 4) is 5.75 Å². The van der Waals surface area contributed by atoms with Gasteiger partial charge in [0, 0.05) is 31.8 Å². The molecule has 1 rings (SSSR count). The maximum atomic E-state index is 6.00. The van der Waals surface area contributed by atoms with Crippen LogP contribution in [0, 0.1) is 0 Å². The second kappa shape index (κ2) is 8.15. The van der Waals surface area contributed by atoms with E-state index in [0.29, 0.717) is 19.2 Å². The van der Waals surface area contributed by atoms with Gasteiger partial charge in [0.25, 0.3) is 0 Å². The van der Waals surface area contributed by atoms with Crippen molar-refractivity contribution in [2.45, 2.75) is 25.9 Å². The third-order valence-corrected chi connectivity index (χ3v) is 3.34. The molecule has 0 saturated carbocycles. The normalized spacial score (nSPS) is 13.0. The minimum absolute atomic E-state index is 0.145. The molecule has 0 aromatic heterocycles. The SMILES string of the molecule is COCCN(C(C)C)C(CN)c1ccccc1OC. The van der Waals surface area contributed by atoms with Crippen LogP contribution in [0.3, 0.4) is 0 Å². The number of methoxy groups -OCH3 is 2. The molecule has 0 spiro atoms. The molecular formula is C15H26N2O2. The lowest BCUT2D eigenvalue weighted by Gasteiger charge is -2.35. The molecule has 0 aliphatic heterocycles. The summed E-state index contributed by atoms with van der Waals surface area (Å²) >= 11 is 0. The van der Waals surface area contributed by atoms with Crippen LogP contribution in [-0.4, -0.2) is 44.9 Å². The summed E-state index contributed by atoms with van der Waals surface area (Å²) < 4.78 is 10.6. The minimum Gasteiger partial charge on any atom is -0.496 e. The fourth-order valence-corrected chi connectivity index (χ4v) is 2.35. The van der Waals surface area contributed by atoms with Crippen molar-refractivity contribution in [2.24, 2.45) is 5.73 Å². The maximum absolute atomic E-state index is 6.00. The van der Waals surface area contributed by atoms with Gasteiger partial charge < -0.3 is 15.2 Å². The highest BCUT2D eigenvalue weighted by molar-refractivity contribution is 5.36. The fraction of sp³-hybridized carbons (Fsp3) is 0.600. The van der Waals surface area contributed by atoms with Gasteiger partial charge in [-0.25, -0.2) is 0 Å². The summed E-state index contributed by atoms with van der Waals surface area (Å²) in [6.45, 7) is 6.46. The zero-order valence-corrected chi connectivity index (χ0v) is 12.4. The molecule has 1 atom stereocenters. The smallest absolute Gasteiger partial charge is 0.123 e. The molecule has 0 heterocycles. The first kappa shape index (κ1) is 16.0. The Balaban J connectivity index is 3.01. The van der Waals surface area contributed by atoms with E-state index in [0.717, 1.165) is 17.9 Å². The molecule has 0 radical (unpaired) electrons. The Morgan fingerprint density at radius 1 is 1.21 bits per heavy atom. The van der Waals surface area contributed by atoms with Crippen LogP contribution in [0.2, 0.25) is 0 Å². The van der Waals surface area contributed by atoms with E-state index in [1.165, 1.54) is 0 Å². The molecule has 1 aromatic carbocycles. The molecule has 0 bridgehead atoms. The van der Waals surface area contributed by atoms with E-state index in [9.17, 15) is 0 Å². The van der Waals surface area contributed by atoms with Gasteiger partial charge in [0.1, 0.15) is 5.75 Å². The molecule has 0 aliphatic rings. The number of hydrogen-bond acceptors (Lipinski definition) is 4. The predicted molar refractivity (Wildman–Crippen MR) is 78.5 cm³/mol. The summed E-state index contributed by atoms with van der Waals surface area (Å²) in [6.07, 6.45) is 0. The van der Waals surface area contributed by atoms with Crippen molar-refractivity contribution in [2.75, 3.05) is 33.9 Å².